The Morgan fingerprint density at radius 1 is 1.28 bits per heavy atom. The second-order valence-corrected chi connectivity index (χ2v) is 5.13. The van der Waals surface area contributed by atoms with E-state index in [0.29, 0.717) is 12.5 Å². The maximum Gasteiger partial charge on any atom is 0.0726 e. The van der Waals surface area contributed by atoms with Gasteiger partial charge in [0.1, 0.15) is 0 Å². The molecule has 3 heteroatoms. The van der Waals surface area contributed by atoms with Crippen LogP contribution in [0.5, 0.6) is 0 Å². The normalized spacial score (nSPS) is 11.2. The quantitative estimate of drug-likeness (QED) is 0.898. The highest BCUT2D eigenvalue weighted by Crippen LogP contribution is 2.26. The molecule has 2 N–H and O–H groups in total. The summed E-state index contributed by atoms with van der Waals surface area (Å²) in [6.45, 7) is 5.96. The van der Waals surface area contributed by atoms with Gasteiger partial charge in [0.2, 0.25) is 0 Å². The highest BCUT2D eigenvalue weighted by atomic mass is 15.1. The fraction of sp³-hybridized carbons (Fsp3) is 0.400. The van der Waals surface area contributed by atoms with Crippen molar-refractivity contribution in [1.29, 1.82) is 0 Å². The molecule has 0 amide bonds. The molecule has 0 radical (unpaired) electrons. The van der Waals surface area contributed by atoms with Gasteiger partial charge in [-0.1, -0.05) is 32.0 Å². The molecule has 3 nitrogen and oxygen atoms in total. The summed E-state index contributed by atoms with van der Waals surface area (Å²) in [5.41, 5.74) is 8.91. The predicted octanol–water partition coefficient (Wildman–Crippen LogP) is 2.79. The van der Waals surface area contributed by atoms with Gasteiger partial charge in [-0.05, 0) is 18.1 Å². The minimum absolute atomic E-state index is 0.480. The Labute approximate surface area is 109 Å². The van der Waals surface area contributed by atoms with Crippen molar-refractivity contribution in [2.24, 2.45) is 11.7 Å². The maximum atomic E-state index is 5.73. The minimum Gasteiger partial charge on any atom is -0.374 e. The zero-order chi connectivity index (χ0) is 13.1. The number of fused-ring (bicyclic) bond motifs is 1. The molecule has 0 fully saturated rings. The number of rotatable bonds is 4. The van der Waals surface area contributed by atoms with Crippen LogP contribution in [0.4, 0.5) is 5.69 Å². The molecule has 96 valence electrons. The van der Waals surface area contributed by atoms with Crippen molar-refractivity contribution in [3.05, 3.63) is 36.0 Å². The van der Waals surface area contributed by atoms with Gasteiger partial charge < -0.3 is 10.6 Å². The van der Waals surface area contributed by atoms with Crippen LogP contribution in [0.1, 0.15) is 19.5 Å². The predicted molar refractivity (Wildman–Crippen MR) is 77.7 cm³/mol. The lowest BCUT2D eigenvalue weighted by atomic mass is 10.1. The van der Waals surface area contributed by atoms with Gasteiger partial charge in [-0.2, -0.15) is 0 Å². The Kier molecular flexibility index (Phi) is 3.82. The lowest BCUT2D eigenvalue weighted by molar-refractivity contribution is 0.639. The first-order valence-corrected chi connectivity index (χ1v) is 6.41. The van der Waals surface area contributed by atoms with E-state index in [9.17, 15) is 0 Å². The number of hydrogen-bond acceptors (Lipinski definition) is 3. The van der Waals surface area contributed by atoms with E-state index in [-0.39, 0.29) is 0 Å². The van der Waals surface area contributed by atoms with E-state index in [2.05, 4.69) is 49.0 Å². The molecule has 1 aromatic carbocycles. The van der Waals surface area contributed by atoms with Gasteiger partial charge in [-0.15, -0.1) is 0 Å². The SMILES string of the molecule is CC(C)CN(C)c1cc(CN)nc2ccccc12. The standard InChI is InChI=1S/C15H21N3/c1-11(2)10-18(3)15-8-12(9-16)17-14-7-5-4-6-13(14)15/h4-8,11H,9-10,16H2,1-3H3. The van der Waals surface area contributed by atoms with E-state index in [4.69, 9.17) is 5.73 Å². The van der Waals surface area contributed by atoms with Crippen molar-refractivity contribution in [2.45, 2.75) is 20.4 Å². The molecule has 0 aliphatic rings. The van der Waals surface area contributed by atoms with E-state index >= 15 is 0 Å². The topological polar surface area (TPSA) is 42.1 Å². The summed E-state index contributed by atoms with van der Waals surface area (Å²) in [5.74, 6) is 0.628. The van der Waals surface area contributed by atoms with Crippen LogP contribution < -0.4 is 10.6 Å². The summed E-state index contributed by atoms with van der Waals surface area (Å²) in [6, 6.07) is 10.3. The zero-order valence-corrected chi connectivity index (χ0v) is 11.4. The molecule has 18 heavy (non-hydrogen) atoms. The first kappa shape index (κ1) is 12.8. The van der Waals surface area contributed by atoms with Crippen LogP contribution in [0, 0.1) is 5.92 Å². The van der Waals surface area contributed by atoms with Gasteiger partial charge in [-0.25, -0.2) is 0 Å². The van der Waals surface area contributed by atoms with E-state index in [1.165, 1.54) is 11.1 Å². The van der Waals surface area contributed by atoms with Gasteiger partial charge >= 0.3 is 0 Å². The molecule has 2 rings (SSSR count). The van der Waals surface area contributed by atoms with Gasteiger partial charge in [0.15, 0.2) is 0 Å². The average Bonchev–Trinajstić information content (AvgIpc) is 2.36. The summed E-state index contributed by atoms with van der Waals surface area (Å²) < 4.78 is 0. The Morgan fingerprint density at radius 3 is 2.67 bits per heavy atom. The molecule has 2 aromatic rings. The minimum atomic E-state index is 0.480. The molecular formula is C15H21N3. The Morgan fingerprint density at radius 2 is 2.00 bits per heavy atom. The molecule has 0 aliphatic carbocycles. The zero-order valence-electron chi connectivity index (χ0n) is 11.4. The molecule has 0 bridgehead atoms. The van der Waals surface area contributed by atoms with E-state index in [0.717, 1.165) is 17.8 Å². The van der Waals surface area contributed by atoms with Gasteiger partial charge in [0, 0.05) is 31.2 Å². The summed E-state index contributed by atoms with van der Waals surface area (Å²) >= 11 is 0. The number of pyridine rings is 1. The number of nitrogens with two attached hydrogens (primary N) is 1. The van der Waals surface area contributed by atoms with Crippen molar-refractivity contribution < 1.29 is 0 Å². The second kappa shape index (κ2) is 5.36. The smallest absolute Gasteiger partial charge is 0.0726 e. The number of anilines is 1. The van der Waals surface area contributed by atoms with Crippen LogP contribution in [0.2, 0.25) is 0 Å². The number of nitrogens with zero attached hydrogens (tertiary/aromatic N) is 2. The first-order chi connectivity index (χ1) is 8.61. The van der Waals surface area contributed by atoms with Crippen LogP contribution in [0.15, 0.2) is 30.3 Å². The number of hydrogen-bond donors (Lipinski definition) is 1. The Bertz CT molecular complexity index is 534. The molecule has 0 spiro atoms. The highest BCUT2D eigenvalue weighted by Gasteiger charge is 2.10. The number of para-hydroxylation sites is 1. The van der Waals surface area contributed by atoms with Crippen LogP contribution >= 0.6 is 0 Å². The third-order valence-electron chi connectivity index (χ3n) is 3.01. The largest absolute Gasteiger partial charge is 0.374 e. The lowest BCUT2D eigenvalue weighted by Crippen LogP contribution is -2.23. The van der Waals surface area contributed by atoms with Crippen molar-refractivity contribution in [2.75, 3.05) is 18.5 Å². The van der Waals surface area contributed by atoms with E-state index < -0.39 is 0 Å². The van der Waals surface area contributed by atoms with Gasteiger partial charge in [0.05, 0.1) is 11.2 Å². The van der Waals surface area contributed by atoms with Crippen LogP contribution in [-0.4, -0.2) is 18.6 Å². The van der Waals surface area contributed by atoms with Crippen molar-refractivity contribution in [3.63, 3.8) is 0 Å². The monoisotopic (exact) mass is 243 g/mol. The fourth-order valence-electron chi connectivity index (χ4n) is 2.28. The molecular weight excluding hydrogens is 222 g/mol. The lowest BCUT2D eigenvalue weighted by Gasteiger charge is -2.23. The second-order valence-electron chi connectivity index (χ2n) is 5.13. The molecule has 0 saturated heterocycles. The fourth-order valence-corrected chi connectivity index (χ4v) is 2.28. The molecule has 0 aliphatic heterocycles. The number of benzene rings is 1. The third kappa shape index (κ3) is 2.62. The van der Waals surface area contributed by atoms with Crippen LogP contribution in [0.25, 0.3) is 10.9 Å². The molecule has 0 unspecified atom stereocenters. The average molecular weight is 243 g/mol. The first-order valence-electron chi connectivity index (χ1n) is 6.41. The van der Waals surface area contributed by atoms with Crippen molar-refractivity contribution in [1.82, 2.24) is 4.98 Å². The van der Waals surface area contributed by atoms with Crippen molar-refractivity contribution >= 4 is 16.6 Å². The van der Waals surface area contributed by atoms with Crippen LogP contribution in [0.3, 0.4) is 0 Å². The molecule has 0 atom stereocenters. The summed E-state index contributed by atoms with van der Waals surface area (Å²) in [7, 11) is 2.13. The van der Waals surface area contributed by atoms with Gasteiger partial charge in [-0.3, -0.25) is 4.98 Å². The Hall–Kier alpha value is -1.61. The van der Waals surface area contributed by atoms with E-state index in [1.54, 1.807) is 0 Å². The summed E-state index contributed by atoms with van der Waals surface area (Å²) in [5, 5.41) is 1.19. The van der Waals surface area contributed by atoms with E-state index in [1.807, 2.05) is 12.1 Å². The van der Waals surface area contributed by atoms with Crippen molar-refractivity contribution in [3.8, 4) is 0 Å². The maximum absolute atomic E-state index is 5.73. The van der Waals surface area contributed by atoms with Crippen LogP contribution in [-0.2, 0) is 6.54 Å². The molecule has 0 saturated carbocycles. The highest BCUT2D eigenvalue weighted by molar-refractivity contribution is 5.91. The Balaban J connectivity index is 2.53. The molecule has 1 heterocycles. The van der Waals surface area contributed by atoms with Gasteiger partial charge in [0.25, 0.3) is 0 Å². The third-order valence-corrected chi connectivity index (χ3v) is 3.01. The number of aromatic nitrogens is 1. The summed E-state index contributed by atoms with van der Waals surface area (Å²) in [6.07, 6.45) is 0. The summed E-state index contributed by atoms with van der Waals surface area (Å²) in [4.78, 5) is 6.85. The molecule has 1 aromatic heterocycles.